The fraction of sp³-hybridized carbons (Fsp3) is 0.143. The average Bonchev–Trinajstić information content (AvgIpc) is 2.39. The number of halogens is 1. The summed E-state index contributed by atoms with van der Waals surface area (Å²) in [5.41, 5.74) is 0.801. The van der Waals surface area contributed by atoms with Crippen molar-refractivity contribution in [3.8, 4) is 5.75 Å². The van der Waals surface area contributed by atoms with E-state index in [-0.39, 0.29) is 12.4 Å². The van der Waals surface area contributed by atoms with Crippen LogP contribution in [0.3, 0.4) is 0 Å². The topological polar surface area (TPSA) is 29.5 Å². The van der Waals surface area contributed by atoms with Gasteiger partial charge < -0.3 is 9.84 Å². The van der Waals surface area contributed by atoms with E-state index in [2.05, 4.69) is 0 Å². The Morgan fingerprint density at radius 3 is 2.29 bits per heavy atom. The van der Waals surface area contributed by atoms with Crippen molar-refractivity contribution >= 4 is 0 Å². The molecule has 1 unspecified atom stereocenters. The molecular formula is C14H13FO2. The summed E-state index contributed by atoms with van der Waals surface area (Å²) in [5, 5.41) is 9.84. The van der Waals surface area contributed by atoms with Gasteiger partial charge in [-0.1, -0.05) is 30.3 Å². The molecule has 0 amide bonds. The normalized spacial score (nSPS) is 12.1. The van der Waals surface area contributed by atoms with Gasteiger partial charge in [0.2, 0.25) is 0 Å². The van der Waals surface area contributed by atoms with E-state index in [4.69, 9.17) is 4.74 Å². The van der Waals surface area contributed by atoms with Crippen LogP contribution in [0.4, 0.5) is 4.39 Å². The minimum atomic E-state index is -0.679. The molecule has 0 bridgehead atoms. The molecule has 2 nitrogen and oxygen atoms in total. The Kier molecular flexibility index (Phi) is 3.73. The molecule has 0 heterocycles. The third kappa shape index (κ3) is 3.29. The van der Waals surface area contributed by atoms with Crippen molar-refractivity contribution in [2.24, 2.45) is 0 Å². The quantitative estimate of drug-likeness (QED) is 0.878. The van der Waals surface area contributed by atoms with Gasteiger partial charge in [-0.25, -0.2) is 4.39 Å². The van der Waals surface area contributed by atoms with Gasteiger partial charge in [0, 0.05) is 0 Å². The largest absolute Gasteiger partial charge is 0.491 e. The molecule has 3 heteroatoms. The molecule has 0 fully saturated rings. The number of aliphatic hydroxyl groups excluding tert-OH is 1. The predicted molar refractivity (Wildman–Crippen MR) is 63.3 cm³/mol. The third-order valence-corrected chi connectivity index (χ3v) is 2.41. The molecule has 2 aromatic carbocycles. The smallest absolute Gasteiger partial charge is 0.123 e. The highest BCUT2D eigenvalue weighted by Gasteiger charge is 2.07. The summed E-state index contributed by atoms with van der Waals surface area (Å²) in [4.78, 5) is 0. The molecule has 88 valence electrons. The zero-order valence-corrected chi connectivity index (χ0v) is 9.21. The van der Waals surface area contributed by atoms with Crippen LogP contribution in [0.5, 0.6) is 5.75 Å². The van der Waals surface area contributed by atoms with E-state index in [0.29, 0.717) is 5.75 Å². The maximum Gasteiger partial charge on any atom is 0.123 e. The van der Waals surface area contributed by atoms with E-state index in [0.717, 1.165) is 5.56 Å². The van der Waals surface area contributed by atoms with E-state index < -0.39 is 6.10 Å². The second-order valence-corrected chi connectivity index (χ2v) is 3.69. The minimum absolute atomic E-state index is 0.148. The number of hydrogen-bond acceptors (Lipinski definition) is 2. The Bertz CT molecular complexity index is 453. The van der Waals surface area contributed by atoms with E-state index in [9.17, 15) is 9.50 Å². The number of hydrogen-bond donors (Lipinski definition) is 1. The van der Waals surface area contributed by atoms with Gasteiger partial charge in [-0.3, -0.25) is 0 Å². The van der Waals surface area contributed by atoms with Crippen LogP contribution < -0.4 is 4.74 Å². The van der Waals surface area contributed by atoms with Gasteiger partial charge in [0.15, 0.2) is 0 Å². The maximum atomic E-state index is 12.6. The third-order valence-electron chi connectivity index (χ3n) is 2.41. The number of aliphatic hydroxyl groups is 1. The van der Waals surface area contributed by atoms with Gasteiger partial charge in [0.25, 0.3) is 0 Å². The summed E-state index contributed by atoms with van der Waals surface area (Å²) in [5.74, 6) is 0.238. The number of ether oxygens (including phenoxy) is 1. The molecule has 2 aromatic rings. The summed E-state index contributed by atoms with van der Waals surface area (Å²) >= 11 is 0. The minimum Gasteiger partial charge on any atom is -0.491 e. The second-order valence-electron chi connectivity index (χ2n) is 3.69. The van der Waals surface area contributed by atoms with E-state index in [1.165, 1.54) is 24.3 Å². The van der Waals surface area contributed by atoms with Gasteiger partial charge in [-0.05, 0) is 29.8 Å². The standard InChI is InChI=1S/C14H13FO2/c15-12-6-8-13(9-7-12)17-10-14(16)11-4-2-1-3-5-11/h1-9,14,16H,10H2. The Labute approximate surface area is 99.3 Å². The molecule has 1 atom stereocenters. The highest BCUT2D eigenvalue weighted by atomic mass is 19.1. The Balaban J connectivity index is 1.92. The first-order valence-electron chi connectivity index (χ1n) is 5.37. The maximum absolute atomic E-state index is 12.6. The first-order valence-corrected chi connectivity index (χ1v) is 5.37. The van der Waals surface area contributed by atoms with Gasteiger partial charge in [0.05, 0.1) is 0 Å². The fourth-order valence-electron chi connectivity index (χ4n) is 1.48. The monoisotopic (exact) mass is 232 g/mol. The van der Waals surface area contributed by atoms with Crippen LogP contribution in [-0.2, 0) is 0 Å². The van der Waals surface area contributed by atoms with Gasteiger partial charge >= 0.3 is 0 Å². The highest BCUT2D eigenvalue weighted by Crippen LogP contribution is 2.16. The lowest BCUT2D eigenvalue weighted by molar-refractivity contribution is 0.108. The SMILES string of the molecule is OC(COc1ccc(F)cc1)c1ccccc1. The molecule has 0 spiro atoms. The van der Waals surface area contributed by atoms with E-state index in [1.54, 1.807) is 0 Å². The Morgan fingerprint density at radius 1 is 1.00 bits per heavy atom. The lowest BCUT2D eigenvalue weighted by Gasteiger charge is -2.12. The number of rotatable bonds is 4. The van der Waals surface area contributed by atoms with Crippen molar-refractivity contribution in [2.45, 2.75) is 6.10 Å². The van der Waals surface area contributed by atoms with E-state index in [1.807, 2.05) is 30.3 Å². The highest BCUT2D eigenvalue weighted by molar-refractivity contribution is 5.23. The summed E-state index contributed by atoms with van der Waals surface area (Å²) in [7, 11) is 0. The molecule has 2 rings (SSSR count). The molecule has 0 radical (unpaired) electrons. The second kappa shape index (κ2) is 5.46. The molecule has 0 aromatic heterocycles. The fourth-order valence-corrected chi connectivity index (χ4v) is 1.48. The molecule has 0 aliphatic carbocycles. The van der Waals surface area contributed by atoms with Gasteiger partial charge in [0.1, 0.15) is 24.3 Å². The van der Waals surface area contributed by atoms with Gasteiger partial charge in [-0.15, -0.1) is 0 Å². The lowest BCUT2D eigenvalue weighted by atomic mass is 10.1. The summed E-state index contributed by atoms with van der Waals surface area (Å²) < 4.78 is 18.0. The molecule has 1 N–H and O–H groups in total. The van der Waals surface area contributed by atoms with Crippen molar-refractivity contribution in [1.82, 2.24) is 0 Å². The average molecular weight is 232 g/mol. The lowest BCUT2D eigenvalue weighted by Crippen LogP contribution is -2.09. The molecule has 0 saturated carbocycles. The van der Waals surface area contributed by atoms with Crippen LogP contribution in [0.1, 0.15) is 11.7 Å². The number of benzene rings is 2. The first kappa shape index (κ1) is 11.6. The van der Waals surface area contributed by atoms with Crippen molar-refractivity contribution < 1.29 is 14.2 Å². The van der Waals surface area contributed by atoms with Crippen molar-refractivity contribution in [1.29, 1.82) is 0 Å². The van der Waals surface area contributed by atoms with Crippen LogP contribution >= 0.6 is 0 Å². The van der Waals surface area contributed by atoms with Crippen LogP contribution in [-0.4, -0.2) is 11.7 Å². The van der Waals surface area contributed by atoms with Gasteiger partial charge in [-0.2, -0.15) is 0 Å². The molecule has 0 saturated heterocycles. The Morgan fingerprint density at radius 2 is 1.65 bits per heavy atom. The van der Waals surface area contributed by atoms with E-state index >= 15 is 0 Å². The zero-order valence-electron chi connectivity index (χ0n) is 9.21. The molecule has 0 aliphatic heterocycles. The van der Waals surface area contributed by atoms with Crippen molar-refractivity contribution in [3.63, 3.8) is 0 Å². The van der Waals surface area contributed by atoms with Crippen molar-refractivity contribution in [3.05, 3.63) is 66.0 Å². The summed E-state index contributed by atoms with van der Waals surface area (Å²) in [6, 6.07) is 15.0. The zero-order chi connectivity index (χ0) is 12.1. The van der Waals surface area contributed by atoms with Crippen LogP contribution in [0.15, 0.2) is 54.6 Å². The van der Waals surface area contributed by atoms with Crippen LogP contribution in [0.2, 0.25) is 0 Å². The van der Waals surface area contributed by atoms with Crippen LogP contribution in [0.25, 0.3) is 0 Å². The first-order chi connectivity index (χ1) is 8.25. The molecular weight excluding hydrogens is 219 g/mol. The summed E-state index contributed by atoms with van der Waals surface area (Å²) in [6.45, 7) is 0.148. The molecule has 0 aliphatic rings. The van der Waals surface area contributed by atoms with Crippen LogP contribution in [0, 0.1) is 5.82 Å². The molecule has 17 heavy (non-hydrogen) atoms. The Hall–Kier alpha value is -1.87. The summed E-state index contributed by atoms with van der Waals surface area (Å²) in [6.07, 6.45) is -0.679. The predicted octanol–water partition coefficient (Wildman–Crippen LogP) is 2.94. The van der Waals surface area contributed by atoms with Crippen molar-refractivity contribution in [2.75, 3.05) is 6.61 Å².